The highest BCUT2D eigenvalue weighted by molar-refractivity contribution is 5.88. The van der Waals surface area contributed by atoms with Crippen molar-refractivity contribution in [2.24, 2.45) is 11.8 Å². The van der Waals surface area contributed by atoms with Gasteiger partial charge in [0, 0.05) is 5.57 Å². The number of carbonyl (C=O) groups is 1. The second kappa shape index (κ2) is 18.6. The molecule has 1 rings (SSSR count). The molecule has 1 unspecified atom stereocenters. The van der Waals surface area contributed by atoms with E-state index in [1.54, 1.807) is 7.11 Å². The van der Waals surface area contributed by atoms with Crippen molar-refractivity contribution in [3.63, 3.8) is 0 Å². The second-order valence-electron chi connectivity index (χ2n) is 9.04. The second-order valence-corrected chi connectivity index (χ2v) is 9.04. The first kappa shape index (κ1) is 29.2. The van der Waals surface area contributed by atoms with Gasteiger partial charge in [-0.1, -0.05) is 90.8 Å². The van der Waals surface area contributed by atoms with Crippen molar-refractivity contribution in [2.75, 3.05) is 13.9 Å². The number of methoxy groups -OCH3 is 1. The van der Waals surface area contributed by atoms with Crippen molar-refractivity contribution in [3.05, 3.63) is 41.5 Å². The molecule has 0 fully saturated rings. The molecule has 0 saturated heterocycles. The summed E-state index contributed by atoms with van der Waals surface area (Å²) < 4.78 is 16.3. The van der Waals surface area contributed by atoms with Crippen LogP contribution in [0.1, 0.15) is 104 Å². The van der Waals surface area contributed by atoms with E-state index in [-0.39, 0.29) is 12.8 Å². The summed E-state index contributed by atoms with van der Waals surface area (Å²) in [7, 11) is 1.65. The van der Waals surface area contributed by atoms with E-state index in [4.69, 9.17) is 14.2 Å². The van der Waals surface area contributed by atoms with Crippen LogP contribution in [0.2, 0.25) is 0 Å². The van der Waals surface area contributed by atoms with Gasteiger partial charge in [-0.15, -0.1) is 0 Å². The molecule has 0 heterocycles. The third kappa shape index (κ3) is 12.3. The minimum atomic E-state index is -0.224. The lowest BCUT2D eigenvalue weighted by Gasteiger charge is -2.26. The van der Waals surface area contributed by atoms with Crippen LogP contribution in [0, 0.1) is 11.8 Å². The maximum atomic E-state index is 12.9. The molecule has 188 valence electrons. The number of carbonyl (C=O) groups excluding carboxylic acids is 1. The summed E-state index contributed by atoms with van der Waals surface area (Å²) in [6, 6.07) is 7.70. The Morgan fingerprint density at radius 3 is 2.03 bits per heavy atom. The lowest BCUT2D eigenvalue weighted by molar-refractivity contribution is -0.152. The topological polar surface area (TPSA) is 44.8 Å². The highest BCUT2D eigenvalue weighted by Gasteiger charge is 2.21. The minimum Gasteiger partial charge on any atom is -0.497 e. The number of esters is 1. The Labute approximate surface area is 203 Å². The third-order valence-electron chi connectivity index (χ3n) is 6.25. The van der Waals surface area contributed by atoms with Crippen LogP contribution in [0.4, 0.5) is 0 Å². The molecule has 0 aliphatic carbocycles. The lowest BCUT2D eigenvalue weighted by Crippen LogP contribution is -2.17. The van der Waals surface area contributed by atoms with Gasteiger partial charge in [-0.2, -0.15) is 0 Å². The smallest absolute Gasteiger partial charge is 0.335 e. The molecule has 1 aromatic rings. The van der Waals surface area contributed by atoms with Crippen LogP contribution >= 0.6 is 0 Å². The monoisotopic (exact) mass is 460 g/mol. The number of unbranched alkanes of at least 4 members (excludes halogenated alkanes) is 3. The molecule has 0 radical (unpaired) electrons. The summed E-state index contributed by atoms with van der Waals surface area (Å²) in [5.41, 5.74) is 1.84. The molecule has 33 heavy (non-hydrogen) atoms. The maximum absolute atomic E-state index is 12.9. The number of allylic oxidation sites excluding steroid dienone is 1. The fourth-order valence-corrected chi connectivity index (χ4v) is 4.25. The van der Waals surface area contributed by atoms with Crippen molar-refractivity contribution in [2.45, 2.75) is 105 Å². The molecule has 0 bridgehead atoms. The Balaban J connectivity index is 2.77. The number of benzene rings is 1. The van der Waals surface area contributed by atoms with Crippen LogP contribution in [-0.4, -0.2) is 19.9 Å². The summed E-state index contributed by atoms with van der Waals surface area (Å²) in [6.07, 6.45) is 15.0. The van der Waals surface area contributed by atoms with Gasteiger partial charge in [-0.05, 0) is 55.2 Å². The summed E-state index contributed by atoms with van der Waals surface area (Å²) in [5, 5.41) is 0. The van der Waals surface area contributed by atoms with Crippen LogP contribution < -0.4 is 4.74 Å². The van der Waals surface area contributed by atoms with E-state index in [1.807, 2.05) is 24.3 Å². The van der Waals surface area contributed by atoms with Crippen molar-refractivity contribution < 1.29 is 19.0 Å². The zero-order chi connectivity index (χ0) is 24.3. The molecule has 4 nitrogen and oxygen atoms in total. The largest absolute Gasteiger partial charge is 0.497 e. The standard InChI is InChI=1S/C29H48O4/c1-6-10-14-25(15-11-7-2)26(16-12-8-3)21-27(13-9-4)29(30)33-23-32-22-24-17-19-28(31-5)20-18-24/h17-21,25-26H,6-16,22-23H2,1-5H3. The Bertz CT molecular complexity index is 642. The van der Waals surface area contributed by atoms with Gasteiger partial charge >= 0.3 is 5.97 Å². The summed E-state index contributed by atoms with van der Waals surface area (Å²) in [6.45, 7) is 9.27. The molecule has 0 N–H and O–H groups in total. The number of rotatable bonds is 19. The number of hydrogen-bond acceptors (Lipinski definition) is 4. The van der Waals surface area contributed by atoms with E-state index in [9.17, 15) is 4.79 Å². The average Bonchev–Trinajstić information content (AvgIpc) is 2.84. The molecule has 1 aromatic carbocycles. The fraction of sp³-hybridized carbons (Fsp3) is 0.690. The first-order chi connectivity index (χ1) is 16.1. The van der Waals surface area contributed by atoms with Crippen LogP contribution in [0.3, 0.4) is 0 Å². The van der Waals surface area contributed by atoms with E-state index < -0.39 is 0 Å². The molecular weight excluding hydrogens is 412 g/mol. The van der Waals surface area contributed by atoms with Gasteiger partial charge in [0.2, 0.25) is 0 Å². The first-order valence-electron chi connectivity index (χ1n) is 13.2. The van der Waals surface area contributed by atoms with Crippen LogP contribution in [0.5, 0.6) is 5.75 Å². The molecule has 4 heteroatoms. The van der Waals surface area contributed by atoms with Crippen LogP contribution in [-0.2, 0) is 20.9 Å². The maximum Gasteiger partial charge on any atom is 0.335 e. The third-order valence-corrected chi connectivity index (χ3v) is 6.25. The molecule has 0 aliphatic heterocycles. The number of hydrogen-bond donors (Lipinski definition) is 0. The minimum absolute atomic E-state index is 0.0271. The van der Waals surface area contributed by atoms with Gasteiger partial charge in [0.05, 0.1) is 13.7 Å². The molecule has 0 saturated carbocycles. The van der Waals surface area contributed by atoms with Crippen LogP contribution in [0.25, 0.3) is 0 Å². The quantitative estimate of drug-likeness (QED) is 0.0902. The predicted molar refractivity (Wildman–Crippen MR) is 137 cm³/mol. The van der Waals surface area contributed by atoms with Gasteiger partial charge in [0.25, 0.3) is 0 Å². The van der Waals surface area contributed by atoms with E-state index in [0.717, 1.165) is 36.1 Å². The summed E-state index contributed by atoms with van der Waals surface area (Å²) in [5.74, 6) is 1.70. The number of ether oxygens (including phenoxy) is 3. The van der Waals surface area contributed by atoms with Gasteiger partial charge in [-0.3, -0.25) is 0 Å². The summed E-state index contributed by atoms with van der Waals surface area (Å²) in [4.78, 5) is 12.9. The van der Waals surface area contributed by atoms with Gasteiger partial charge in [0.1, 0.15) is 5.75 Å². The van der Waals surface area contributed by atoms with E-state index in [0.29, 0.717) is 18.4 Å². The Morgan fingerprint density at radius 2 is 1.48 bits per heavy atom. The van der Waals surface area contributed by atoms with Gasteiger partial charge in [-0.25, -0.2) is 4.79 Å². The van der Waals surface area contributed by atoms with Gasteiger partial charge in [0.15, 0.2) is 6.79 Å². The highest BCUT2D eigenvalue weighted by atomic mass is 16.7. The van der Waals surface area contributed by atoms with Crippen molar-refractivity contribution in [1.82, 2.24) is 0 Å². The predicted octanol–water partition coefficient (Wildman–Crippen LogP) is 8.24. The molecule has 0 aliphatic rings. The molecule has 1 atom stereocenters. The zero-order valence-corrected chi connectivity index (χ0v) is 21.9. The SMILES string of the molecule is CCCCC(C=C(CCC)C(=O)OCOCc1ccc(OC)cc1)C(CCCC)CCCC. The van der Waals surface area contributed by atoms with Crippen LogP contribution in [0.15, 0.2) is 35.9 Å². The fourth-order valence-electron chi connectivity index (χ4n) is 4.25. The Kier molecular flexibility index (Phi) is 16.5. The van der Waals surface area contributed by atoms with Crippen molar-refractivity contribution in [3.8, 4) is 5.75 Å². The first-order valence-corrected chi connectivity index (χ1v) is 13.2. The highest BCUT2D eigenvalue weighted by Crippen LogP contribution is 2.31. The zero-order valence-electron chi connectivity index (χ0n) is 21.9. The average molecular weight is 461 g/mol. The Hall–Kier alpha value is -1.81. The van der Waals surface area contributed by atoms with E-state index in [2.05, 4.69) is 33.8 Å². The van der Waals surface area contributed by atoms with Crippen molar-refractivity contribution >= 4 is 5.97 Å². The normalized spacial score (nSPS) is 12.7. The lowest BCUT2D eigenvalue weighted by atomic mass is 9.80. The Morgan fingerprint density at radius 1 is 0.879 bits per heavy atom. The van der Waals surface area contributed by atoms with Crippen molar-refractivity contribution in [1.29, 1.82) is 0 Å². The molecule has 0 amide bonds. The van der Waals surface area contributed by atoms with Gasteiger partial charge < -0.3 is 14.2 Å². The van der Waals surface area contributed by atoms with E-state index in [1.165, 1.54) is 51.4 Å². The molecule has 0 aromatic heterocycles. The van der Waals surface area contributed by atoms with E-state index >= 15 is 0 Å². The molecule has 0 spiro atoms. The summed E-state index contributed by atoms with van der Waals surface area (Å²) >= 11 is 0. The molecular formula is C29H48O4.